The SMILES string of the molecule is O=C(NC1(C(=O)N[C@H]2C[C@@H]3C[C@]3(C(=O)O)C2)CCOC1)OCC1c2ccccc2-c2ccccc21. The van der Waals surface area contributed by atoms with Crippen molar-refractivity contribution in [3.63, 3.8) is 0 Å². The molecule has 3 fully saturated rings. The minimum atomic E-state index is -1.22. The van der Waals surface area contributed by atoms with Crippen LogP contribution < -0.4 is 10.6 Å². The third-order valence-corrected chi connectivity index (χ3v) is 8.31. The Morgan fingerprint density at radius 2 is 1.71 bits per heavy atom. The maximum Gasteiger partial charge on any atom is 0.408 e. The van der Waals surface area contributed by atoms with Gasteiger partial charge in [-0.25, -0.2) is 4.79 Å². The largest absolute Gasteiger partial charge is 0.481 e. The van der Waals surface area contributed by atoms with Gasteiger partial charge >= 0.3 is 12.1 Å². The van der Waals surface area contributed by atoms with Crippen LogP contribution in [0.2, 0.25) is 0 Å². The van der Waals surface area contributed by atoms with Crippen molar-refractivity contribution in [1.29, 1.82) is 0 Å². The second kappa shape index (κ2) is 8.09. The fraction of sp³-hybridized carbons (Fsp3) is 0.444. The monoisotopic (exact) mass is 476 g/mol. The number of fused-ring (bicyclic) bond motifs is 4. The Balaban J connectivity index is 1.11. The first kappa shape index (κ1) is 22.1. The number of carboxylic acid groups (broad SMARTS) is 1. The van der Waals surface area contributed by atoms with Crippen LogP contribution in [-0.4, -0.2) is 54.5 Å². The maximum absolute atomic E-state index is 13.2. The number of carbonyl (C=O) groups is 3. The van der Waals surface area contributed by atoms with Crippen LogP contribution in [0.3, 0.4) is 0 Å². The lowest BCUT2D eigenvalue weighted by molar-refractivity contribution is -0.144. The van der Waals surface area contributed by atoms with E-state index in [2.05, 4.69) is 34.9 Å². The molecule has 35 heavy (non-hydrogen) atoms. The van der Waals surface area contributed by atoms with E-state index in [-0.39, 0.29) is 37.0 Å². The average molecular weight is 477 g/mol. The second-order valence-electron chi connectivity index (χ2n) is 10.3. The highest BCUT2D eigenvalue weighted by Gasteiger charge is 2.66. The highest BCUT2D eigenvalue weighted by molar-refractivity contribution is 5.91. The molecule has 3 N–H and O–H groups in total. The van der Waals surface area contributed by atoms with E-state index in [9.17, 15) is 19.5 Å². The predicted octanol–water partition coefficient (Wildman–Crippen LogP) is 3.05. The van der Waals surface area contributed by atoms with Crippen LogP contribution in [0, 0.1) is 11.3 Å². The molecule has 1 aliphatic heterocycles. The Labute approximate surface area is 203 Å². The maximum atomic E-state index is 13.2. The molecule has 4 aliphatic rings. The second-order valence-corrected chi connectivity index (χ2v) is 10.3. The molecule has 8 heteroatoms. The van der Waals surface area contributed by atoms with Crippen LogP contribution in [0.25, 0.3) is 11.1 Å². The van der Waals surface area contributed by atoms with Gasteiger partial charge in [-0.15, -0.1) is 0 Å². The van der Waals surface area contributed by atoms with Crippen molar-refractivity contribution >= 4 is 18.0 Å². The summed E-state index contributed by atoms with van der Waals surface area (Å²) in [5.41, 5.74) is 2.62. The number of hydrogen-bond donors (Lipinski definition) is 3. The van der Waals surface area contributed by atoms with Crippen LogP contribution in [0.1, 0.15) is 42.7 Å². The molecule has 6 rings (SSSR count). The molecule has 2 amide bonds. The molecule has 1 saturated heterocycles. The summed E-state index contributed by atoms with van der Waals surface area (Å²) in [4.78, 5) is 37.7. The van der Waals surface area contributed by atoms with Crippen LogP contribution in [-0.2, 0) is 19.1 Å². The van der Waals surface area contributed by atoms with Gasteiger partial charge in [0.15, 0.2) is 0 Å². The number of hydrogen-bond acceptors (Lipinski definition) is 5. The summed E-state index contributed by atoms with van der Waals surface area (Å²) in [7, 11) is 0. The summed E-state index contributed by atoms with van der Waals surface area (Å²) in [6.07, 6.45) is 1.44. The number of carboxylic acids is 1. The Bertz CT molecular complexity index is 1160. The van der Waals surface area contributed by atoms with Gasteiger partial charge in [0.05, 0.1) is 12.0 Å². The number of aliphatic carboxylic acids is 1. The molecule has 1 heterocycles. The van der Waals surface area contributed by atoms with Gasteiger partial charge in [-0.05, 0) is 47.4 Å². The molecule has 3 aliphatic carbocycles. The quantitative estimate of drug-likeness (QED) is 0.591. The lowest BCUT2D eigenvalue weighted by Crippen LogP contribution is -2.61. The fourth-order valence-electron chi connectivity index (χ4n) is 6.32. The van der Waals surface area contributed by atoms with E-state index >= 15 is 0 Å². The summed E-state index contributed by atoms with van der Waals surface area (Å²) in [5.74, 6) is -1.07. The van der Waals surface area contributed by atoms with Gasteiger partial charge in [-0.1, -0.05) is 48.5 Å². The van der Waals surface area contributed by atoms with Crippen molar-refractivity contribution in [1.82, 2.24) is 10.6 Å². The topological polar surface area (TPSA) is 114 Å². The fourth-order valence-corrected chi connectivity index (χ4v) is 6.32. The van der Waals surface area contributed by atoms with Crippen LogP contribution in [0.4, 0.5) is 4.79 Å². The van der Waals surface area contributed by atoms with Crippen molar-refractivity contribution in [3.8, 4) is 11.1 Å². The number of ether oxygens (including phenoxy) is 2. The van der Waals surface area contributed by atoms with Crippen molar-refractivity contribution in [2.75, 3.05) is 19.8 Å². The first-order valence-electron chi connectivity index (χ1n) is 12.2. The molecule has 0 radical (unpaired) electrons. The third-order valence-electron chi connectivity index (χ3n) is 8.31. The van der Waals surface area contributed by atoms with Gasteiger partial charge < -0.3 is 25.2 Å². The molecule has 4 atom stereocenters. The molecule has 2 saturated carbocycles. The van der Waals surface area contributed by atoms with Crippen LogP contribution in [0.5, 0.6) is 0 Å². The molecule has 2 aromatic carbocycles. The lowest BCUT2D eigenvalue weighted by atomic mass is 9.96. The summed E-state index contributed by atoms with van der Waals surface area (Å²) in [6, 6.07) is 16.0. The molecule has 8 nitrogen and oxygen atoms in total. The average Bonchev–Trinajstić information content (AvgIpc) is 3.18. The Kier molecular flexibility index (Phi) is 5.11. The molecule has 1 unspecified atom stereocenters. The zero-order chi connectivity index (χ0) is 24.2. The molecule has 0 aromatic heterocycles. The first-order valence-corrected chi connectivity index (χ1v) is 12.2. The van der Waals surface area contributed by atoms with Gasteiger partial charge in [-0.3, -0.25) is 9.59 Å². The Hall–Kier alpha value is -3.39. The first-order chi connectivity index (χ1) is 16.9. The number of benzene rings is 2. The van der Waals surface area contributed by atoms with E-state index in [0.717, 1.165) is 22.3 Å². The van der Waals surface area contributed by atoms with Gasteiger partial charge in [-0.2, -0.15) is 0 Å². The molecular formula is C27H28N2O6. The van der Waals surface area contributed by atoms with E-state index in [4.69, 9.17) is 9.47 Å². The lowest BCUT2D eigenvalue weighted by Gasteiger charge is -2.29. The standard InChI is InChI=1S/C27H28N2O6/c30-23(28-17-11-16-12-26(16,13-17)24(31)32)27(9-10-34-15-27)29-25(33)35-14-22-20-7-3-1-5-18(20)19-6-2-4-8-21(19)22/h1-8,16-17,22H,9-15H2,(H,28,30)(H,29,33)(H,31,32)/t16-,17+,26+,27?/m1/s1. The van der Waals surface area contributed by atoms with E-state index in [0.29, 0.717) is 32.3 Å². The number of carbonyl (C=O) groups excluding carboxylic acids is 2. The highest BCUT2D eigenvalue weighted by Crippen LogP contribution is 2.63. The number of amides is 2. The molecule has 0 bridgehead atoms. The summed E-state index contributed by atoms with van der Waals surface area (Å²) in [5, 5.41) is 15.3. The minimum absolute atomic E-state index is 0.0588. The van der Waals surface area contributed by atoms with Gasteiger partial charge in [0.2, 0.25) is 5.91 Å². The summed E-state index contributed by atoms with van der Waals surface area (Å²) >= 11 is 0. The Morgan fingerprint density at radius 3 is 2.31 bits per heavy atom. The van der Waals surface area contributed by atoms with E-state index in [1.807, 2.05) is 24.3 Å². The van der Waals surface area contributed by atoms with E-state index in [1.54, 1.807) is 0 Å². The predicted molar refractivity (Wildman–Crippen MR) is 126 cm³/mol. The molecule has 182 valence electrons. The summed E-state index contributed by atoms with van der Waals surface area (Å²) < 4.78 is 11.1. The Morgan fingerprint density at radius 1 is 1.03 bits per heavy atom. The van der Waals surface area contributed by atoms with Crippen molar-refractivity contribution in [2.45, 2.75) is 43.2 Å². The van der Waals surface area contributed by atoms with Gasteiger partial charge in [0.1, 0.15) is 12.1 Å². The number of rotatable bonds is 6. The van der Waals surface area contributed by atoms with Crippen molar-refractivity contribution in [3.05, 3.63) is 59.7 Å². The summed E-state index contributed by atoms with van der Waals surface area (Å²) in [6.45, 7) is 0.566. The highest BCUT2D eigenvalue weighted by atomic mass is 16.6. The smallest absolute Gasteiger partial charge is 0.408 e. The normalized spacial score (nSPS) is 30.2. The van der Waals surface area contributed by atoms with Gasteiger partial charge in [0.25, 0.3) is 0 Å². The van der Waals surface area contributed by atoms with Crippen LogP contribution >= 0.6 is 0 Å². The van der Waals surface area contributed by atoms with E-state index < -0.39 is 23.0 Å². The molecule has 0 spiro atoms. The van der Waals surface area contributed by atoms with Crippen LogP contribution in [0.15, 0.2) is 48.5 Å². The zero-order valence-corrected chi connectivity index (χ0v) is 19.3. The number of alkyl carbamates (subject to hydrolysis) is 1. The zero-order valence-electron chi connectivity index (χ0n) is 19.3. The third kappa shape index (κ3) is 3.58. The minimum Gasteiger partial charge on any atom is -0.481 e. The van der Waals surface area contributed by atoms with Crippen molar-refractivity contribution < 1.29 is 29.0 Å². The van der Waals surface area contributed by atoms with E-state index in [1.165, 1.54) is 0 Å². The van der Waals surface area contributed by atoms with Crippen molar-refractivity contribution in [2.24, 2.45) is 11.3 Å². The number of nitrogens with one attached hydrogen (secondary N) is 2. The van der Waals surface area contributed by atoms with Gasteiger partial charge in [0, 0.05) is 25.0 Å². The molecule has 2 aromatic rings. The molecular weight excluding hydrogens is 448 g/mol.